The van der Waals surface area contributed by atoms with E-state index in [-0.39, 0.29) is 0 Å². The van der Waals surface area contributed by atoms with E-state index in [1.165, 1.54) is 0 Å². The molecule has 0 rings (SSSR count). The third-order valence-corrected chi connectivity index (χ3v) is 3.83. The smallest absolute Gasteiger partial charge is 0.191 e. The van der Waals surface area contributed by atoms with Crippen LogP contribution in [0.1, 0.15) is 41.5 Å². The molecule has 5 heteroatoms. The molecule has 0 bridgehead atoms. The van der Waals surface area contributed by atoms with Crippen molar-refractivity contribution in [1.82, 2.24) is 20.4 Å². The fourth-order valence-corrected chi connectivity index (χ4v) is 2.51. The fraction of sp³-hybridized carbons (Fsp3) is 0.938. The number of rotatable bonds is 10. The Morgan fingerprint density at radius 2 is 1.38 bits per heavy atom. The predicted octanol–water partition coefficient (Wildman–Crippen LogP) is 1.61. The Morgan fingerprint density at radius 3 is 1.76 bits per heavy atom. The number of guanidine groups is 1. The van der Waals surface area contributed by atoms with Crippen LogP contribution in [0.4, 0.5) is 0 Å². The molecule has 0 aliphatic rings. The molecule has 5 nitrogen and oxygen atoms in total. The van der Waals surface area contributed by atoms with E-state index in [4.69, 9.17) is 0 Å². The summed E-state index contributed by atoms with van der Waals surface area (Å²) in [7, 11) is 1.83. The van der Waals surface area contributed by atoms with E-state index >= 15 is 0 Å². The summed E-state index contributed by atoms with van der Waals surface area (Å²) in [5.74, 6) is 0.898. The zero-order valence-electron chi connectivity index (χ0n) is 15.2. The first-order valence-electron chi connectivity index (χ1n) is 8.38. The molecule has 2 N–H and O–H groups in total. The van der Waals surface area contributed by atoms with E-state index < -0.39 is 0 Å². The fourth-order valence-electron chi connectivity index (χ4n) is 2.51. The summed E-state index contributed by atoms with van der Waals surface area (Å²) in [6.07, 6.45) is 0. The Hall–Kier alpha value is -0.810. The summed E-state index contributed by atoms with van der Waals surface area (Å²) in [6, 6.07) is 1.15. The van der Waals surface area contributed by atoms with Crippen LogP contribution in [0.2, 0.25) is 0 Å². The zero-order chi connectivity index (χ0) is 16.3. The van der Waals surface area contributed by atoms with Crippen molar-refractivity contribution >= 4 is 5.96 Å². The maximum absolute atomic E-state index is 4.28. The molecule has 126 valence electrons. The SMILES string of the molecule is CCN(CC)CCNC(=NC)NCCN(C(C)C)C(C)C. The lowest BCUT2D eigenvalue weighted by molar-refractivity contribution is 0.178. The molecule has 0 aliphatic heterocycles. The van der Waals surface area contributed by atoms with Gasteiger partial charge in [0.1, 0.15) is 0 Å². The van der Waals surface area contributed by atoms with Crippen LogP contribution in [0.15, 0.2) is 4.99 Å². The third-order valence-electron chi connectivity index (χ3n) is 3.83. The van der Waals surface area contributed by atoms with Crippen LogP contribution in [0, 0.1) is 0 Å². The number of aliphatic imine (C=N–C) groups is 1. The molecule has 0 unspecified atom stereocenters. The summed E-state index contributed by atoms with van der Waals surface area (Å²) in [5.41, 5.74) is 0. The zero-order valence-corrected chi connectivity index (χ0v) is 15.2. The summed E-state index contributed by atoms with van der Waals surface area (Å²) in [6.45, 7) is 19.5. The van der Waals surface area contributed by atoms with Gasteiger partial charge in [-0.05, 0) is 40.8 Å². The van der Waals surface area contributed by atoms with Gasteiger partial charge in [0, 0.05) is 45.3 Å². The second-order valence-electron chi connectivity index (χ2n) is 5.88. The van der Waals surface area contributed by atoms with Crippen molar-refractivity contribution in [3.63, 3.8) is 0 Å². The van der Waals surface area contributed by atoms with Gasteiger partial charge in [-0.1, -0.05) is 13.8 Å². The second-order valence-corrected chi connectivity index (χ2v) is 5.88. The van der Waals surface area contributed by atoms with Crippen molar-refractivity contribution in [3.8, 4) is 0 Å². The summed E-state index contributed by atoms with van der Waals surface area (Å²) in [5, 5.41) is 6.78. The van der Waals surface area contributed by atoms with Crippen molar-refractivity contribution in [2.24, 2.45) is 4.99 Å². The molecular formula is C16H37N5. The largest absolute Gasteiger partial charge is 0.355 e. The number of nitrogens with zero attached hydrogens (tertiary/aromatic N) is 3. The molecule has 0 spiro atoms. The van der Waals surface area contributed by atoms with Crippen LogP contribution >= 0.6 is 0 Å². The predicted molar refractivity (Wildman–Crippen MR) is 94.1 cm³/mol. The summed E-state index contributed by atoms with van der Waals surface area (Å²) < 4.78 is 0. The molecule has 0 saturated carbocycles. The first kappa shape index (κ1) is 20.2. The first-order chi connectivity index (χ1) is 9.96. The minimum Gasteiger partial charge on any atom is -0.355 e. The van der Waals surface area contributed by atoms with Gasteiger partial charge in [0.05, 0.1) is 0 Å². The van der Waals surface area contributed by atoms with Crippen molar-refractivity contribution in [2.75, 3.05) is 46.3 Å². The quantitative estimate of drug-likeness (QED) is 0.475. The Morgan fingerprint density at radius 1 is 0.905 bits per heavy atom. The van der Waals surface area contributed by atoms with E-state index in [1.54, 1.807) is 0 Å². The molecule has 0 heterocycles. The lowest BCUT2D eigenvalue weighted by Crippen LogP contribution is -2.46. The van der Waals surface area contributed by atoms with Gasteiger partial charge in [0.2, 0.25) is 0 Å². The highest BCUT2D eigenvalue weighted by Crippen LogP contribution is 2.03. The average Bonchev–Trinajstić information content (AvgIpc) is 2.44. The van der Waals surface area contributed by atoms with Gasteiger partial charge >= 0.3 is 0 Å². The van der Waals surface area contributed by atoms with Crippen LogP contribution in [-0.4, -0.2) is 74.2 Å². The Labute approximate surface area is 132 Å². The normalized spacial score (nSPS) is 12.8. The highest BCUT2D eigenvalue weighted by atomic mass is 15.2. The van der Waals surface area contributed by atoms with Crippen LogP contribution < -0.4 is 10.6 Å². The number of nitrogens with one attached hydrogen (secondary N) is 2. The van der Waals surface area contributed by atoms with Gasteiger partial charge in [-0.25, -0.2) is 0 Å². The lowest BCUT2D eigenvalue weighted by Gasteiger charge is -2.30. The van der Waals surface area contributed by atoms with E-state index in [0.29, 0.717) is 12.1 Å². The van der Waals surface area contributed by atoms with E-state index in [0.717, 1.165) is 45.2 Å². The molecule has 0 aliphatic carbocycles. The van der Waals surface area contributed by atoms with Gasteiger partial charge in [0.25, 0.3) is 0 Å². The maximum atomic E-state index is 4.28. The van der Waals surface area contributed by atoms with E-state index in [2.05, 4.69) is 67.0 Å². The molecule has 0 amide bonds. The Bertz CT molecular complexity index is 264. The Kier molecular flexibility index (Phi) is 11.4. The van der Waals surface area contributed by atoms with Crippen LogP contribution in [0.5, 0.6) is 0 Å². The standard InChI is InChI=1S/C16H37N5/c1-8-20(9-2)12-10-18-16(17-7)19-11-13-21(14(3)4)15(5)6/h14-15H,8-13H2,1-7H3,(H2,17,18,19). The van der Waals surface area contributed by atoms with Crippen molar-refractivity contribution in [1.29, 1.82) is 0 Å². The summed E-state index contributed by atoms with van der Waals surface area (Å²) in [4.78, 5) is 9.17. The molecular weight excluding hydrogens is 262 g/mol. The van der Waals surface area contributed by atoms with Gasteiger partial charge in [-0.15, -0.1) is 0 Å². The molecule has 0 fully saturated rings. The molecule has 0 aromatic carbocycles. The second kappa shape index (κ2) is 11.8. The van der Waals surface area contributed by atoms with E-state index in [9.17, 15) is 0 Å². The summed E-state index contributed by atoms with van der Waals surface area (Å²) >= 11 is 0. The van der Waals surface area contributed by atoms with Crippen molar-refractivity contribution in [3.05, 3.63) is 0 Å². The maximum Gasteiger partial charge on any atom is 0.191 e. The topological polar surface area (TPSA) is 42.9 Å². The van der Waals surface area contributed by atoms with Crippen LogP contribution in [0.3, 0.4) is 0 Å². The molecule has 0 radical (unpaired) electrons. The molecule has 0 atom stereocenters. The highest BCUT2D eigenvalue weighted by Gasteiger charge is 2.12. The van der Waals surface area contributed by atoms with Gasteiger partial charge < -0.3 is 15.5 Å². The molecule has 21 heavy (non-hydrogen) atoms. The van der Waals surface area contributed by atoms with Gasteiger partial charge in [-0.2, -0.15) is 0 Å². The average molecular weight is 300 g/mol. The van der Waals surface area contributed by atoms with Crippen LogP contribution in [0.25, 0.3) is 0 Å². The first-order valence-corrected chi connectivity index (χ1v) is 8.38. The van der Waals surface area contributed by atoms with Gasteiger partial charge in [0.15, 0.2) is 5.96 Å². The lowest BCUT2D eigenvalue weighted by atomic mass is 10.2. The molecule has 0 aromatic heterocycles. The highest BCUT2D eigenvalue weighted by molar-refractivity contribution is 5.79. The molecule has 0 aromatic rings. The number of hydrogen-bond acceptors (Lipinski definition) is 3. The van der Waals surface area contributed by atoms with Gasteiger partial charge in [-0.3, -0.25) is 9.89 Å². The van der Waals surface area contributed by atoms with Crippen molar-refractivity contribution in [2.45, 2.75) is 53.6 Å². The van der Waals surface area contributed by atoms with Crippen LogP contribution in [-0.2, 0) is 0 Å². The van der Waals surface area contributed by atoms with E-state index in [1.807, 2.05) is 7.05 Å². The van der Waals surface area contributed by atoms with Crippen molar-refractivity contribution < 1.29 is 0 Å². The number of hydrogen-bond donors (Lipinski definition) is 2. The Balaban J connectivity index is 4.00. The molecule has 0 saturated heterocycles. The minimum absolute atomic E-state index is 0.574. The monoisotopic (exact) mass is 299 g/mol. The minimum atomic E-state index is 0.574. The number of likely N-dealkylation sites (N-methyl/N-ethyl adjacent to an activating group) is 1. The third kappa shape index (κ3) is 8.94.